The van der Waals surface area contributed by atoms with E-state index in [1.807, 2.05) is 6.07 Å². The lowest BCUT2D eigenvalue weighted by Crippen LogP contribution is -2.30. The highest BCUT2D eigenvalue weighted by Crippen LogP contribution is 2.17. The maximum absolute atomic E-state index is 12.8. The van der Waals surface area contributed by atoms with Gasteiger partial charge in [0, 0.05) is 29.7 Å². The van der Waals surface area contributed by atoms with Crippen LogP contribution in [0.25, 0.3) is 6.08 Å². The van der Waals surface area contributed by atoms with Gasteiger partial charge in [0.15, 0.2) is 0 Å². The Hall–Kier alpha value is -3.93. The first-order valence-electron chi connectivity index (χ1n) is 8.59. The lowest BCUT2D eigenvalue weighted by molar-refractivity contribution is -0.113. The average Bonchev–Trinajstić information content (AvgIpc) is 2.74. The molecule has 6 heteroatoms. The van der Waals surface area contributed by atoms with Gasteiger partial charge in [0.05, 0.1) is 7.11 Å². The van der Waals surface area contributed by atoms with Crippen molar-refractivity contribution in [2.24, 2.45) is 0 Å². The molecule has 6 nitrogen and oxygen atoms in total. The Kier molecular flexibility index (Phi) is 6.15. The van der Waals surface area contributed by atoms with Gasteiger partial charge >= 0.3 is 0 Å². The number of nitrogens with one attached hydrogen (secondary N) is 2. The molecule has 0 bridgehead atoms. The van der Waals surface area contributed by atoms with Crippen LogP contribution < -0.4 is 15.4 Å². The number of amides is 2. The summed E-state index contributed by atoms with van der Waals surface area (Å²) in [5.74, 6) is -0.207. The van der Waals surface area contributed by atoms with Gasteiger partial charge in [-0.3, -0.25) is 14.6 Å². The van der Waals surface area contributed by atoms with Crippen LogP contribution >= 0.6 is 0 Å². The zero-order chi connectivity index (χ0) is 19.8. The lowest BCUT2D eigenvalue weighted by atomic mass is 10.2. The Morgan fingerprint density at radius 2 is 1.71 bits per heavy atom. The quantitative estimate of drug-likeness (QED) is 0.648. The Labute approximate surface area is 162 Å². The van der Waals surface area contributed by atoms with Crippen molar-refractivity contribution in [3.63, 3.8) is 0 Å². The number of hydrogen-bond donors (Lipinski definition) is 2. The molecule has 0 radical (unpaired) electrons. The molecule has 2 aromatic carbocycles. The number of ether oxygens (including phenoxy) is 1. The van der Waals surface area contributed by atoms with Crippen molar-refractivity contribution in [1.29, 1.82) is 0 Å². The van der Waals surface area contributed by atoms with Crippen LogP contribution in [0, 0.1) is 0 Å². The second-order valence-electron chi connectivity index (χ2n) is 5.84. The minimum atomic E-state index is -0.450. The average molecular weight is 373 g/mol. The number of carbonyl (C=O) groups excluding carboxylic acids is 2. The molecule has 0 aliphatic rings. The molecule has 140 valence electrons. The third-order valence-electron chi connectivity index (χ3n) is 3.87. The van der Waals surface area contributed by atoms with Gasteiger partial charge in [0.1, 0.15) is 11.4 Å². The molecule has 0 aliphatic heterocycles. The topological polar surface area (TPSA) is 80.3 Å². The van der Waals surface area contributed by atoms with E-state index >= 15 is 0 Å². The molecule has 0 spiro atoms. The SMILES string of the molecule is COc1cccc(NC(=O)C(=Cc2ccncc2)NC(=O)c2ccccc2)c1. The normalized spacial score (nSPS) is 10.8. The highest BCUT2D eigenvalue weighted by atomic mass is 16.5. The molecule has 0 unspecified atom stereocenters. The van der Waals surface area contributed by atoms with Crippen LogP contribution in [0.3, 0.4) is 0 Å². The largest absolute Gasteiger partial charge is 0.497 e. The van der Waals surface area contributed by atoms with Crippen LogP contribution in [0.1, 0.15) is 15.9 Å². The van der Waals surface area contributed by atoms with E-state index in [1.54, 1.807) is 86.2 Å². The number of pyridine rings is 1. The van der Waals surface area contributed by atoms with E-state index in [4.69, 9.17) is 4.74 Å². The highest BCUT2D eigenvalue weighted by molar-refractivity contribution is 6.10. The molecule has 1 heterocycles. The van der Waals surface area contributed by atoms with E-state index in [-0.39, 0.29) is 11.6 Å². The smallest absolute Gasteiger partial charge is 0.272 e. The molecule has 1 aromatic heterocycles. The summed E-state index contributed by atoms with van der Waals surface area (Å²) >= 11 is 0. The molecular weight excluding hydrogens is 354 g/mol. The fourth-order valence-corrected chi connectivity index (χ4v) is 2.47. The predicted octanol–water partition coefficient (Wildman–Crippen LogP) is 3.50. The first-order valence-corrected chi connectivity index (χ1v) is 8.59. The molecule has 3 rings (SSSR count). The van der Waals surface area contributed by atoms with E-state index in [0.29, 0.717) is 17.0 Å². The van der Waals surface area contributed by atoms with Crippen molar-refractivity contribution in [2.75, 3.05) is 12.4 Å². The minimum absolute atomic E-state index is 0.114. The van der Waals surface area contributed by atoms with Crippen LogP contribution in [0.15, 0.2) is 84.8 Å². The third-order valence-corrected chi connectivity index (χ3v) is 3.87. The van der Waals surface area contributed by atoms with Gasteiger partial charge in [-0.1, -0.05) is 24.3 Å². The van der Waals surface area contributed by atoms with Gasteiger partial charge in [-0.25, -0.2) is 0 Å². The predicted molar refractivity (Wildman–Crippen MR) is 108 cm³/mol. The lowest BCUT2D eigenvalue weighted by Gasteiger charge is -2.12. The first kappa shape index (κ1) is 18.8. The summed E-state index contributed by atoms with van der Waals surface area (Å²) in [7, 11) is 1.55. The zero-order valence-corrected chi connectivity index (χ0v) is 15.3. The molecule has 0 aliphatic carbocycles. The number of aromatic nitrogens is 1. The molecule has 2 amide bonds. The Balaban J connectivity index is 1.86. The van der Waals surface area contributed by atoms with Crippen LogP contribution in [0.4, 0.5) is 5.69 Å². The molecule has 28 heavy (non-hydrogen) atoms. The number of methoxy groups -OCH3 is 1. The summed E-state index contributed by atoms with van der Waals surface area (Å²) in [6, 6.07) is 19.2. The van der Waals surface area contributed by atoms with Crippen molar-refractivity contribution in [1.82, 2.24) is 10.3 Å². The van der Waals surface area contributed by atoms with Crippen molar-refractivity contribution >= 4 is 23.6 Å². The molecular formula is C22H19N3O3. The fourth-order valence-electron chi connectivity index (χ4n) is 2.47. The molecule has 0 saturated carbocycles. The van der Waals surface area contributed by atoms with Gasteiger partial charge in [0.2, 0.25) is 0 Å². The number of nitrogens with zero attached hydrogens (tertiary/aromatic N) is 1. The van der Waals surface area contributed by atoms with Crippen LogP contribution in [0.5, 0.6) is 5.75 Å². The summed E-state index contributed by atoms with van der Waals surface area (Å²) < 4.78 is 5.17. The van der Waals surface area contributed by atoms with Gasteiger partial charge in [-0.2, -0.15) is 0 Å². The minimum Gasteiger partial charge on any atom is -0.497 e. The maximum atomic E-state index is 12.8. The Morgan fingerprint density at radius 3 is 2.43 bits per heavy atom. The van der Waals surface area contributed by atoms with Gasteiger partial charge < -0.3 is 15.4 Å². The molecule has 0 atom stereocenters. The number of rotatable bonds is 6. The summed E-state index contributed by atoms with van der Waals surface area (Å²) in [6.45, 7) is 0. The standard InChI is InChI=1S/C22H19N3O3/c1-28-19-9-5-8-18(15-19)24-22(27)20(14-16-10-12-23-13-11-16)25-21(26)17-6-3-2-4-7-17/h2-15H,1H3,(H,24,27)(H,25,26). The summed E-state index contributed by atoms with van der Waals surface area (Å²) in [6.07, 6.45) is 4.82. The maximum Gasteiger partial charge on any atom is 0.272 e. The zero-order valence-electron chi connectivity index (χ0n) is 15.3. The van der Waals surface area contributed by atoms with Crippen molar-refractivity contribution in [3.8, 4) is 5.75 Å². The summed E-state index contributed by atoms with van der Waals surface area (Å²) in [5, 5.41) is 5.47. The van der Waals surface area contributed by atoms with E-state index in [1.165, 1.54) is 0 Å². The molecule has 2 N–H and O–H groups in total. The van der Waals surface area contributed by atoms with E-state index < -0.39 is 5.91 Å². The Bertz CT molecular complexity index is 986. The second-order valence-corrected chi connectivity index (χ2v) is 5.84. The number of anilines is 1. The Morgan fingerprint density at radius 1 is 0.964 bits per heavy atom. The van der Waals surface area contributed by atoms with Crippen molar-refractivity contribution in [3.05, 3.63) is 95.9 Å². The van der Waals surface area contributed by atoms with E-state index in [2.05, 4.69) is 15.6 Å². The number of hydrogen-bond acceptors (Lipinski definition) is 4. The molecule has 3 aromatic rings. The van der Waals surface area contributed by atoms with Gasteiger partial charge in [-0.05, 0) is 48.0 Å². The number of benzene rings is 2. The summed E-state index contributed by atoms with van der Waals surface area (Å²) in [5.41, 5.74) is 1.86. The van der Waals surface area contributed by atoms with E-state index in [0.717, 1.165) is 5.56 Å². The molecule has 0 saturated heterocycles. The van der Waals surface area contributed by atoms with E-state index in [9.17, 15) is 9.59 Å². The van der Waals surface area contributed by atoms with Crippen LogP contribution in [-0.4, -0.2) is 23.9 Å². The highest BCUT2D eigenvalue weighted by Gasteiger charge is 2.15. The molecule has 0 fully saturated rings. The van der Waals surface area contributed by atoms with Gasteiger partial charge in [-0.15, -0.1) is 0 Å². The second kappa shape index (κ2) is 9.14. The first-order chi connectivity index (χ1) is 13.7. The summed E-state index contributed by atoms with van der Waals surface area (Å²) in [4.78, 5) is 29.3. The van der Waals surface area contributed by atoms with Gasteiger partial charge in [0.25, 0.3) is 11.8 Å². The van der Waals surface area contributed by atoms with Crippen LogP contribution in [0.2, 0.25) is 0 Å². The fraction of sp³-hybridized carbons (Fsp3) is 0.0455. The third kappa shape index (κ3) is 5.04. The van der Waals surface area contributed by atoms with Crippen LogP contribution in [-0.2, 0) is 4.79 Å². The monoisotopic (exact) mass is 373 g/mol. The van der Waals surface area contributed by atoms with Crippen molar-refractivity contribution in [2.45, 2.75) is 0 Å². The number of carbonyl (C=O) groups is 2. The van der Waals surface area contributed by atoms with Crippen molar-refractivity contribution < 1.29 is 14.3 Å².